The molecule has 1 fully saturated rings. The maximum absolute atomic E-state index is 12.6. The van der Waals surface area contributed by atoms with Gasteiger partial charge in [-0.2, -0.15) is 0 Å². The average Bonchev–Trinajstić information content (AvgIpc) is 2.54. The van der Waals surface area contributed by atoms with Gasteiger partial charge in [0.25, 0.3) is 0 Å². The van der Waals surface area contributed by atoms with Crippen molar-refractivity contribution in [3.8, 4) is 0 Å². The summed E-state index contributed by atoms with van der Waals surface area (Å²) in [4.78, 5) is 14.6. The molecular formula is C18H20N2O. The van der Waals surface area contributed by atoms with Crippen LogP contribution in [0.3, 0.4) is 0 Å². The molecule has 2 atom stereocenters. The van der Waals surface area contributed by atoms with Gasteiger partial charge in [-0.3, -0.25) is 4.79 Å². The first-order valence-electron chi connectivity index (χ1n) is 7.38. The molecule has 0 aliphatic carbocycles. The third kappa shape index (κ3) is 2.98. The number of rotatable bonds is 3. The van der Waals surface area contributed by atoms with Crippen LogP contribution in [0, 0.1) is 0 Å². The van der Waals surface area contributed by atoms with E-state index in [9.17, 15) is 4.79 Å². The summed E-state index contributed by atoms with van der Waals surface area (Å²) in [6.07, 6.45) is 0. The zero-order valence-electron chi connectivity index (χ0n) is 12.2. The lowest BCUT2D eigenvalue weighted by molar-refractivity contribution is -0.139. The van der Waals surface area contributed by atoms with Gasteiger partial charge < -0.3 is 10.2 Å². The molecule has 1 aliphatic heterocycles. The Bertz CT molecular complexity index is 597. The van der Waals surface area contributed by atoms with E-state index in [0.29, 0.717) is 6.54 Å². The van der Waals surface area contributed by atoms with Crippen molar-refractivity contribution in [3.05, 3.63) is 71.8 Å². The van der Waals surface area contributed by atoms with Crippen LogP contribution >= 0.6 is 0 Å². The molecule has 1 saturated heterocycles. The second kappa shape index (κ2) is 6.10. The maximum Gasteiger partial charge on any atom is 0.240 e. The number of hydrogen-bond acceptors (Lipinski definition) is 2. The number of nitrogens with one attached hydrogen (secondary N) is 1. The number of hydrogen-bond donors (Lipinski definition) is 1. The van der Waals surface area contributed by atoms with Crippen LogP contribution in [-0.4, -0.2) is 23.4 Å². The van der Waals surface area contributed by atoms with E-state index in [1.54, 1.807) is 0 Å². The monoisotopic (exact) mass is 280 g/mol. The molecule has 2 aromatic carbocycles. The van der Waals surface area contributed by atoms with E-state index in [-0.39, 0.29) is 18.0 Å². The van der Waals surface area contributed by atoms with Crippen molar-refractivity contribution >= 4 is 5.91 Å². The first-order chi connectivity index (χ1) is 10.3. The zero-order chi connectivity index (χ0) is 14.7. The van der Waals surface area contributed by atoms with Gasteiger partial charge in [-0.25, -0.2) is 0 Å². The van der Waals surface area contributed by atoms with E-state index in [1.165, 1.54) is 11.1 Å². The van der Waals surface area contributed by atoms with Crippen LogP contribution in [-0.2, 0) is 11.3 Å². The van der Waals surface area contributed by atoms with E-state index in [2.05, 4.69) is 29.6 Å². The van der Waals surface area contributed by atoms with Crippen molar-refractivity contribution in [3.63, 3.8) is 0 Å². The molecule has 0 bridgehead atoms. The third-order valence-corrected chi connectivity index (χ3v) is 4.03. The SMILES string of the molecule is C[C@H]1NCC(c2ccccc2)N(Cc2ccccc2)C1=O. The minimum atomic E-state index is -0.117. The van der Waals surface area contributed by atoms with Crippen LogP contribution in [0.5, 0.6) is 0 Å². The number of piperazine rings is 1. The molecule has 1 aliphatic rings. The fraction of sp³-hybridized carbons (Fsp3) is 0.278. The Hall–Kier alpha value is -2.13. The third-order valence-electron chi connectivity index (χ3n) is 4.03. The maximum atomic E-state index is 12.6. The van der Waals surface area contributed by atoms with Gasteiger partial charge in [0.1, 0.15) is 0 Å². The standard InChI is InChI=1S/C18H20N2O/c1-14-18(21)20(13-15-8-4-2-5-9-15)17(12-19-14)16-10-6-3-7-11-16/h2-11,14,17,19H,12-13H2,1H3/t14-,17?/m1/s1. The molecule has 3 heteroatoms. The fourth-order valence-electron chi connectivity index (χ4n) is 2.83. The van der Waals surface area contributed by atoms with Crippen molar-refractivity contribution < 1.29 is 4.79 Å². The summed E-state index contributed by atoms with van der Waals surface area (Å²) in [6.45, 7) is 3.39. The van der Waals surface area contributed by atoms with Crippen molar-refractivity contribution in [2.75, 3.05) is 6.54 Å². The molecule has 0 spiro atoms. The highest BCUT2D eigenvalue weighted by molar-refractivity contribution is 5.82. The van der Waals surface area contributed by atoms with Crippen LogP contribution in [0.15, 0.2) is 60.7 Å². The molecule has 21 heavy (non-hydrogen) atoms. The average molecular weight is 280 g/mol. The van der Waals surface area contributed by atoms with E-state index in [1.807, 2.05) is 48.2 Å². The molecule has 1 heterocycles. The van der Waals surface area contributed by atoms with Gasteiger partial charge in [0.2, 0.25) is 5.91 Å². The van der Waals surface area contributed by atoms with Gasteiger partial charge in [-0.05, 0) is 18.1 Å². The number of benzene rings is 2. The zero-order valence-corrected chi connectivity index (χ0v) is 12.2. The molecule has 0 radical (unpaired) electrons. The van der Waals surface area contributed by atoms with Crippen LogP contribution in [0.4, 0.5) is 0 Å². The highest BCUT2D eigenvalue weighted by atomic mass is 16.2. The minimum Gasteiger partial charge on any atom is -0.329 e. The Morgan fingerprint density at radius 1 is 1.05 bits per heavy atom. The van der Waals surface area contributed by atoms with Crippen LogP contribution in [0.25, 0.3) is 0 Å². The molecule has 3 nitrogen and oxygen atoms in total. The highest BCUT2D eigenvalue weighted by Crippen LogP contribution is 2.26. The Labute approximate surface area is 125 Å². The molecule has 2 aromatic rings. The lowest BCUT2D eigenvalue weighted by Gasteiger charge is -2.39. The van der Waals surface area contributed by atoms with Crippen molar-refractivity contribution in [1.82, 2.24) is 10.2 Å². The van der Waals surface area contributed by atoms with E-state index < -0.39 is 0 Å². The Kier molecular flexibility index (Phi) is 4.02. The second-order valence-electron chi connectivity index (χ2n) is 5.51. The lowest BCUT2D eigenvalue weighted by atomic mass is 10.00. The summed E-state index contributed by atoms with van der Waals surface area (Å²) in [5.74, 6) is 0.166. The minimum absolute atomic E-state index is 0.0927. The summed E-state index contributed by atoms with van der Waals surface area (Å²) < 4.78 is 0. The molecule has 1 amide bonds. The predicted octanol–water partition coefficient (Wildman–Crippen LogP) is 2.75. The predicted molar refractivity (Wildman–Crippen MR) is 83.6 cm³/mol. The van der Waals surface area contributed by atoms with Crippen molar-refractivity contribution in [2.24, 2.45) is 0 Å². The number of nitrogens with zero attached hydrogens (tertiary/aromatic N) is 1. The summed E-state index contributed by atoms with van der Waals surface area (Å²) in [6, 6.07) is 20.4. The lowest BCUT2D eigenvalue weighted by Crippen LogP contribution is -2.54. The molecule has 1 unspecified atom stereocenters. The van der Waals surface area contributed by atoms with Gasteiger partial charge >= 0.3 is 0 Å². The molecule has 1 N–H and O–H groups in total. The summed E-state index contributed by atoms with van der Waals surface area (Å²) in [5, 5.41) is 3.30. The topological polar surface area (TPSA) is 32.3 Å². The quantitative estimate of drug-likeness (QED) is 0.937. The van der Waals surface area contributed by atoms with Crippen molar-refractivity contribution in [1.29, 1.82) is 0 Å². The smallest absolute Gasteiger partial charge is 0.240 e. The first kappa shape index (κ1) is 13.8. The molecule has 0 aromatic heterocycles. The number of amides is 1. The van der Waals surface area contributed by atoms with Crippen LogP contribution in [0.1, 0.15) is 24.1 Å². The van der Waals surface area contributed by atoms with E-state index in [0.717, 1.165) is 6.54 Å². The van der Waals surface area contributed by atoms with E-state index >= 15 is 0 Å². The molecular weight excluding hydrogens is 260 g/mol. The first-order valence-corrected chi connectivity index (χ1v) is 7.38. The number of carbonyl (C=O) groups is 1. The van der Waals surface area contributed by atoms with Gasteiger partial charge in [-0.1, -0.05) is 60.7 Å². The Morgan fingerprint density at radius 2 is 1.67 bits per heavy atom. The fourth-order valence-corrected chi connectivity index (χ4v) is 2.83. The van der Waals surface area contributed by atoms with Crippen LogP contribution in [0.2, 0.25) is 0 Å². The van der Waals surface area contributed by atoms with Gasteiger partial charge in [0.15, 0.2) is 0 Å². The summed E-state index contributed by atoms with van der Waals surface area (Å²) >= 11 is 0. The highest BCUT2D eigenvalue weighted by Gasteiger charge is 2.33. The van der Waals surface area contributed by atoms with Gasteiger partial charge in [0.05, 0.1) is 12.1 Å². The van der Waals surface area contributed by atoms with Crippen molar-refractivity contribution in [2.45, 2.75) is 25.6 Å². The molecule has 0 saturated carbocycles. The largest absolute Gasteiger partial charge is 0.329 e. The number of carbonyl (C=O) groups excluding carboxylic acids is 1. The van der Waals surface area contributed by atoms with Crippen LogP contribution < -0.4 is 5.32 Å². The Balaban J connectivity index is 1.89. The van der Waals surface area contributed by atoms with Gasteiger partial charge in [0, 0.05) is 13.1 Å². The molecule has 3 rings (SSSR count). The summed E-state index contributed by atoms with van der Waals surface area (Å²) in [5.41, 5.74) is 2.35. The molecule has 108 valence electrons. The van der Waals surface area contributed by atoms with E-state index in [4.69, 9.17) is 0 Å². The Morgan fingerprint density at radius 3 is 2.33 bits per heavy atom. The second-order valence-corrected chi connectivity index (χ2v) is 5.51. The normalized spacial score (nSPS) is 22.3. The van der Waals surface area contributed by atoms with Gasteiger partial charge in [-0.15, -0.1) is 0 Å². The summed E-state index contributed by atoms with van der Waals surface area (Å²) in [7, 11) is 0.